The van der Waals surface area contributed by atoms with Crippen molar-refractivity contribution in [3.8, 4) is 11.5 Å². The minimum atomic E-state index is -2.90. The summed E-state index contributed by atoms with van der Waals surface area (Å²) in [6.45, 7) is -1.84. The van der Waals surface area contributed by atoms with Crippen molar-refractivity contribution in [2.45, 2.75) is 31.4 Å². The van der Waals surface area contributed by atoms with Crippen molar-refractivity contribution in [3.05, 3.63) is 59.7 Å². The van der Waals surface area contributed by atoms with E-state index < -0.39 is 6.61 Å². The first-order chi connectivity index (χ1) is 13.6. The van der Waals surface area contributed by atoms with Crippen LogP contribution in [0.1, 0.15) is 24.0 Å². The van der Waals surface area contributed by atoms with Crippen LogP contribution in [0.3, 0.4) is 0 Å². The fourth-order valence-electron chi connectivity index (χ4n) is 3.18. The van der Waals surface area contributed by atoms with Gasteiger partial charge in [-0.1, -0.05) is 30.3 Å². The van der Waals surface area contributed by atoms with E-state index in [1.807, 2.05) is 6.07 Å². The zero-order chi connectivity index (χ0) is 20.0. The molecule has 0 radical (unpaired) electrons. The maximum absolute atomic E-state index is 12.7. The molecule has 1 aliphatic carbocycles. The van der Waals surface area contributed by atoms with E-state index in [4.69, 9.17) is 4.74 Å². The zero-order valence-electron chi connectivity index (χ0n) is 16.0. The molecule has 0 heterocycles. The molecule has 150 valence electrons. The molecule has 0 atom stereocenters. The van der Waals surface area contributed by atoms with E-state index >= 15 is 0 Å². The predicted molar refractivity (Wildman–Crippen MR) is 105 cm³/mol. The largest absolute Gasteiger partial charge is 0.497 e. The number of hydrogen-bond acceptors (Lipinski definition) is 3. The minimum absolute atomic E-state index is 0.0836. The van der Waals surface area contributed by atoms with Gasteiger partial charge in [-0.25, -0.2) is 0 Å². The van der Waals surface area contributed by atoms with E-state index in [9.17, 15) is 8.78 Å². The fraction of sp³-hybridized carbons (Fsp3) is 0.381. The Morgan fingerprint density at radius 3 is 2.50 bits per heavy atom. The molecule has 1 aliphatic rings. The van der Waals surface area contributed by atoms with Gasteiger partial charge in [-0.15, -0.1) is 0 Å². The number of aliphatic imine (C=N–C) groups is 1. The molecule has 7 heteroatoms. The number of nitrogens with zero attached hydrogens (tertiary/aromatic N) is 1. The summed E-state index contributed by atoms with van der Waals surface area (Å²) >= 11 is 0. The van der Waals surface area contributed by atoms with Crippen LogP contribution in [-0.2, 0) is 12.0 Å². The monoisotopic (exact) mass is 389 g/mol. The van der Waals surface area contributed by atoms with Crippen molar-refractivity contribution >= 4 is 5.96 Å². The van der Waals surface area contributed by atoms with E-state index in [0.29, 0.717) is 23.8 Å². The topological polar surface area (TPSA) is 54.9 Å². The van der Waals surface area contributed by atoms with E-state index in [1.54, 1.807) is 19.2 Å². The smallest absolute Gasteiger partial charge is 0.387 e. The Bertz CT molecular complexity index is 809. The molecular formula is C21H25F2N3O2. The molecule has 2 N–H and O–H groups in total. The molecule has 3 rings (SSSR count). The lowest BCUT2D eigenvalue weighted by Crippen LogP contribution is -2.41. The van der Waals surface area contributed by atoms with Crippen molar-refractivity contribution in [1.29, 1.82) is 0 Å². The molecule has 0 unspecified atom stereocenters. The van der Waals surface area contributed by atoms with Gasteiger partial charge in [0.05, 0.1) is 7.11 Å². The lowest BCUT2D eigenvalue weighted by atomic mass is 9.96. The third-order valence-electron chi connectivity index (χ3n) is 4.99. The molecule has 1 saturated carbocycles. The number of hydrogen-bond donors (Lipinski definition) is 2. The van der Waals surface area contributed by atoms with Crippen LogP contribution in [0.4, 0.5) is 8.78 Å². The number of rotatable bonds is 8. The van der Waals surface area contributed by atoms with Crippen molar-refractivity contribution in [2.24, 2.45) is 4.99 Å². The molecule has 0 amide bonds. The summed E-state index contributed by atoms with van der Waals surface area (Å²) < 4.78 is 35.1. The maximum atomic E-state index is 12.7. The minimum Gasteiger partial charge on any atom is -0.497 e. The molecule has 0 aromatic heterocycles. The van der Waals surface area contributed by atoms with E-state index in [2.05, 4.69) is 44.6 Å². The number of ether oxygens (including phenoxy) is 2. The van der Waals surface area contributed by atoms with Gasteiger partial charge in [0.25, 0.3) is 0 Å². The maximum Gasteiger partial charge on any atom is 0.387 e. The number of nitrogens with one attached hydrogen (secondary N) is 2. The summed E-state index contributed by atoms with van der Waals surface area (Å²) in [6.07, 6.45) is 2.26. The number of methoxy groups -OCH3 is 1. The number of guanidine groups is 1. The van der Waals surface area contributed by atoms with E-state index in [0.717, 1.165) is 19.4 Å². The van der Waals surface area contributed by atoms with E-state index in [-0.39, 0.29) is 11.2 Å². The van der Waals surface area contributed by atoms with E-state index in [1.165, 1.54) is 18.7 Å². The third kappa shape index (κ3) is 4.91. The van der Waals surface area contributed by atoms with Gasteiger partial charge >= 0.3 is 6.61 Å². The third-order valence-corrected chi connectivity index (χ3v) is 4.99. The second-order valence-corrected chi connectivity index (χ2v) is 6.78. The SMILES string of the molecule is CN=C(NCc1ccc(OC)cc1OC(F)F)NCC1(c2ccccc2)CC1. The average Bonchev–Trinajstić information content (AvgIpc) is 3.50. The first-order valence-electron chi connectivity index (χ1n) is 9.18. The van der Waals surface area contributed by atoms with Gasteiger partial charge in [0.15, 0.2) is 5.96 Å². The van der Waals surface area contributed by atoms with Crippen molar-refractivity contribution in [2.75, 3.05) is 20.7 Å². The van der Waals surface area contributed by atoms with Crippen LogP contribution in [0.25, 0.3) is 0 Å². The Balaban J connectivity index is 1.60. The Hall–Kier alpha value is -2.83. The van der Waals surface area contributed by atoms with Gasteiger partial charge in [-0.05, 0) is 30.5 Å². The van der Waals surface area contributed by atoms with Crippen molar-refractivity contribution in [1.82, 2.24) is 10.6 Å². The molecule has 0 aliphatic heterocycles. The van der Waals surface area contributed by atoms with Crippen LogP contribution in [0.5, 0.6) is 11.5 Å². The lowest BCUT2D eigenvalue weighted by molar-refractivity contribution is -0.0505. The molecule has 5 nitrogen and oxygen atoms in total. The number of benzene rings is 2. The van der Waals surface area contributed by atoms with Gasteiger partial charge in [-0.3, -0.25) is 4.99 Å². The summed E-state index contributed by atoms with van der Waals surface area (Å²) in [4.78, 5) is 4.23. The zero-order valence-corrected chi connectivity index (χ0v) is 16.0. The van der Waals surface area contributed by atoms with Crippen LogP contribution < -0.4 is 20.1 Å². The van der Waals surface area contributed by atoms with Gasteiger partial charge < -0.3 is 20.1 Å². The van der Waals surface area contributed by atoms with Gasteiger partial charge in [0.2, 0.25) is 0 Å². The van der Waals surface area contributed by atoms with Crippen LogP contribution in [0, 0.1) is 0 Å². The Kier molecular flexibility index (Phi) is 6.34. The normalized spacial score (nSPS) is 15.2. The summed E-state index contributed by atoms with van der Waals surface area (Å²) in [5.41, 5.74) is 2.05. The van der Waals surface area contributed by atoms with Crippen LogP contribution in [0.15, 0.2) is 53.5 Å². The Morgan fingerprint density at radius 1 is 1.14 bits per heavy atom. The molecule has 0 spiro atoms. The highest BCUT2D eigenvalue weighted by atomic mass is 19.3. The highest BCUT2D eigenvalue weighted by Gasteiger charge is 2.43. The summed E-state index contributed by atoms with van der Waals surface area (Å²) in [5, 5.41) is 6.51. The molecule has 2 aromatic rings. The van der Waals surface area contributed by atoms with Crippen LogP contribution >= 0.6 is 0 Å². The second-order valence-electron chi connectivity index (χ2n) is 6.78. The van der Waals surface area contributed by atoms with Crippen LogP contribution in [0.2, 0.25) is 0 Å². The van der Waals surface area contributed by atoms with Crippen molar-refractivity contribution in [3.63, 3.8) is 0 Å². The summed E-state index contributed by atoms with van der Waals surface area (Å²) in [5.74, 6) is 1.15. The molecular weight excluding hydrogens is 364 g/mol. The predicted octanol–water partition coefficient (Wildman–Crippen LogP) is 3.69. The summed E-state index contributed by atoms with van der Waals surface area (Å²) in [7, 11) is 3.16. The summed E-state index contributed by atoms with van der Waals surface area (Å²) in [6, 6.07) is 15.3. The fourth-order valence-corrected chi connectivity index (χ4v) is 3.18. The lowest BCUT2D eigenvalue weighted by Gasteiger charge is -2.19. The molecule has 0 bridgehead atoms. The first kappa shape index (κ1) is 19.9. The Labute approximate surface area is 163 Å². The number of alkyl halides is 2. The highest BCUT2D eigenvalue weighted by molar-refractivity contribution is 5.80. The van der Waals surface area contributed by atoms with Gasteiger partial charge in [0, 0.05) is 37.2 Å². The Morgan fingerprint density at radius 2 is 1.89 bits per heavy atom. The molecule has 1 fully saturated rings. The van der Waals surface area contributed by atoms with Crippen LogP contribution in [-0.4, -0.2) is 33.3 Å². The number of halogens is 2. The first-order valence-corrected chi connectivity index (χ1v) is 9.18. The highest BCUT2D eigenvalue weighted by Crippen LogP contribution is 2.47. The standard InChI is InChI=1S/C21H25F2N3O2/c1-24-20(26-14-21(10-11-21)16-6-4-3-5-7-16)25-13-15-8-9-17(27-2)12-18(15)28-19(22)23/h3-9,12,19H,10-11,13-14H2,1-2H3,(H2,24,25,26). The van der Waals surface area contributed by atoms with Crippen molar-refractivity contribution < 1.29 is 18.3 Å². The second kappa shape index (κ2) is 8.91. The molecule has 2 aromatic carbocycles. The van der Waals surface area contributed by atoms with Gasteiger partial charge in [0.1, 0.15) is 11.5 Å². The molecule has 0 saturated heterocycles. The molecule has 28 heavy (non-hydrogen) atoms. The quantitative estimate of drug-likeness (QED) is 0.534. The average molecular weight is 389 g/mol. The van der Waals surface area contributed by atoms with Gasteiger partial charge in [-0.2, -0.15) is 8.78 Å².